The lowest BCUT2D eigenvalue weighted by Crippen LogP contribution is -2.42. The molecule has 1 heterocycles. The van der Waals surface area contributed by atoms with Crippen molar-refractivity contribution in [1.82, 2.24) is 10.2 Å². The largest absolute Gasteiger partial charge is 0.417 e. The van der Waals surface area contributed by atoms with Crippen LogP contribution in [0.4, 0.5) is 13.2 Å². The van der Waals surface area contributed by atoms with Gasteiger partial charge in [-0.25, -0.2) is 0 Å². The highest BCUT2D eigenvalue weighted by atomic mass is 19.4. The summed E-state index contributed by atoms with van der Waals surface area (Å²) in [7, 11) is 0. The Kier molecular flexibility index (Phi) is 6.13. The smallest absolute Gasteiger partial charge is 0.371 e. The van der Waals surface area contributed by atoms with Crippen molar-refractivity contribution in [3.8, 4) is 0 Å². The van der Waals surface area contributed by atoms with Crippen LogP contribution in [0.3, 0.4) is 0 Å². The number of halogens is 3. The molecule has 2 aromatic carbocycles. The zero-order valence-electron chi connectivity index (χ0n) is 14.7. The SMILES string of the molecule is O=C(NCCN1CCO[C@H](c2ccccc2)C1)c1ccccc1C(F)(F)F. The van der Waals surface area contributed by atoms with Gasteiger partial charge in [0, 0.05) is 26.2 Å². The summed E-state index contributed by atoms with van der Waals surface area (Å²) in [6.07, 6.45) is -4.59. The summed E-state index contributed by atoms with van der Waals surface area (Å²) in [4.78, 5) is 14.3. The molecule has 144 valence electrons. The van der Waals surface area contributed by atoms with Gasteiger partial charge < -0.3 is 10.1 Å². The van der Waals surface area contributed by atoms with Crippen molar-refractivity contribution in [2.75, 3.05) is 32.8 Å². The molecule has 7 heteroatoms. The third-order valence-corrected chi connectivity index (χ3v) is 4.51. The van der Waals surface area contributed by atoms with Gasteiger partial charge in [-0.05, 0) is 17.7 Å². The minimum Gasteiger partial charge on any atom is -0.371 e. The monoisotopic (exact) mass is 378 g/mol. The van der Waals surface area contributed by atoms with E-state index in [0.29, 0.717) is 19.7 Å². The Morgan fingerprint density at radius 2 is 1.81 bits per heavy atom. The number of carbonyl (C=O) groups excluding carboxylic acids is 1. The number of carbonyl (C=O) groups is 1. The fourth-order valence-corrected chi connectivity index (χ4v) is 3.13. The van der Waals surface area contributed by atoms with Gasteiger partial charge in [-0.1, -0.05) is 42.5 Å². The molecule has 1 amide bonds. The van der Waals surface area contributed by atoms with Crippen molar-refractivity contribution in [1.29, 1.82) is 0 Å². The van der Waals surface area contributed by atoms with Gasteiger partial charge in [0.2, 0.25) is 0 Å². The van der Waals surface area contributed by atoms with Gasteiger partial charge in [-0.2, -0.15) is 13.2 Å². The normalized spacial score (nSPS) is 18.3. The van der Waals surface area contributed by atoms with Crippen LogP contribution >= 0.6 is 0 Å². The quantitative estimate of drug-likeness (QED) is 0.866. The standard InChI is InChI=1S/C20H21F3N2O2/c21-20(22,23)17-9-5-4-8-16(17)19(26)24-10-11-25-12-13-27-18(14-25)15-6-2-1-3-7-15/h1-9,18H,10-14H2,(H,24,26)/t18-/m0/s1. The molecular formula is C20H21F3N2O2. The number of rotatable bonds is 5. The zero-order valence-corrected chi connectivity index (χ0v) is 14.7. The van der Waals surface area contributed by atoms with Gasteiger partial charge in [0.05, 0.1) is 23.8 Å². The molecule has 1 N–H and O–H groups in total. The maximum atomic E-state index is 13.0. The number of ether oxygens (including phenoxy) is 1. The molecule has 1 aliphatic heterocycles. The third kappa shape index (κ3) is 5.08. The number of benzene rings is 2. The molecule has 0 aromatic heterocycles. The number of nitrogens with zero attached hydrogens (tertiary/aromatic N) is 1. The van der Waals surface area contributed by atoms with E-state index in [1.165, 1.54) is 18.2 Å². The number of alkyl halides is 3. The molecule has 1 saturated heterocycles. The molecular weight excluding hydrogens is 357 g/mol. The summed E-state index contributed by atoms with van der Waals surface area (Å²) < 4.78 is 44.9. The van der Waals surface area contributed by atoms with E-state index in [-0.39, 0.29) is 18.2 Å². The Labute approximate surface area is 155 Å². The van der Waals surface area contributed by atoms with Gasteiger partial charge in [0.15, 0.2) is 0 Å². The predicted molar refractivity (Wildman–Crippen MR) is 95.4 cm³/mol. The Balaban J connectivity index is 1.53. The number of nitrogens with one attached hydrogen (secondary N) is 1. The van der Waals surface area contributed by atoms with E-state index in [0.717, 1.165) is 18.2 Å². The highest BCUT2D eigenvalue weighted by molar-refractivity contribution is 5.95. The van der Waals surface area contributed by atoms with E-state index in [9.17, 15) is 18.0 Å². The topological polar surface area (TPSA) is 41.6 Å². The number of hydrogen-bond acceptors (Lipinski definition) is 3. The molecule has 0 unspecified atom stereocenters. The lowest BCUT2D eigenvalue weighted by Gasteiger charge is -2.33. The van der Waals surface area contributed by atoms with Crippen LogP contribution in [0.5, 0.6) is 0 Å². The van der Waals surface area contributed by atoms with Crippen molar-refractivity contribution < 1.29 is 22.7 Å². The van der Waals surface area contributed by atoms with Crippen LogP contribution in [-0.4, -0.2) is 43.6 Å². The molecule has 0 bridgehead atoms. The molecule has 27 heavy (non-hydrogen) atoms. The van der Waals surface area contributed by atoms with E-state index in [1.807, 2.05) is 30.3 Å². The van der Waals surface area contributed by atoms with E-state index < -0.39 is 17.6 Å². The van der Waals surface area contributed by atoms with Gasteiger partial charge in [-0.15, -0.1) is 0 Å². The Bertz CT molecular complexity index is 765. The van der Waals surface area contributed by atoms with E-state index >= 15 is 0 Å². The first-order chi connectivity index (χ1) is 12.9. The van der Waals surface area contributed by atoms with Crippen LogP contribution in [0.15, 0.2) is 54.6 Å². The molecule has 0 spiro atoms. The molecule has 4 nitrogen and oxygen atoms in total. The maximum Gasteiger partial charge on any atom is 0.417 e. The highest BCUT2D eigenvalue weighted by Gasteiger charge is 2.34. The van der Waals surface area contributed by atoms with Gasteiger partial charge in [0.25, 0.3) is 5.91 Å². The van der Waals surface area contributed by atoms with Crippen molar-refractivity contribution in [2.45, 2.75) is 12.3 Å². The summed E-state index contributed by atoms with van der Waals surface area (Å²) in [5.41, 5.74) is -0.183. The van der Waals surface area contributed by atoms with E-state index in [1.54, 1.807) is 0 Å². The Morgan fingerprint density at radius 3 is 2.56 bits per heavy atom. The van der Waals surface area contributed by atoms with Crippen molar-refractivity contribution in [3.63, 3.8) is 0 Å². The summed E-state index contributed by atoms with van der Waals surface area (Å²) >= 11 is 0. The second-order valence-electron chi connectivity index (χ2n) is 6.37. The highest BCUT2D eigenvalue weighted by Crippen LogP contribution is 2.31. The maximum absolute atomic E-state index is 13.0. The van der Waals surface area contributed by atoms with Crippen molar-refractivity contribution >= 4 is 5.91 Å². The first-order valence-electron chi connectivity index (χ1n) is 8.78. The number of hydrogen-bond donors (Lipinski definition) is 1. The van der Waals surface area contributed by atoms with Gasteiger partial charge >= 0.3 is 6.18 Å². The fourth-order valence-electron chi connectivity index (χ4n) is 3.13. The molecule has 0 radical (unpaired) electrons. The van der Waals surface area contributed by atoms with Gasteiger partial charge in [0.1, 0.15) is 0 Å². The van der Waals surface area contributed by atoms with Crippen LogP contribution in [-0.2, 0) is 10.9 Å². The second-order valence-corrected chi connectivity index (χ2v) is 6.37. The molecule has 1 atom stereocenters. The molecule has 3 rings (SSSR count). The molecule has 1 fully saturated rings. The molecule has 0 saturated carbocycles. The van der Waals surface area contributed by atoms with Crippen LogP contribution < -0.4 is 5.32 Å². The third-order valence-electron chi connectivity index (χ3n) is 4.51. The lowest BCUT2D eigenvalue weighted by atomic mass is 10.1. The Hall–Kier alpha value is -2.38. The van der Waals surface area contributed by atoms with Crippen molar-refractivity contribution in [3.05, 3.63) is 71.3 Å². The van der Waals surface area contributed by atoms with E-state index in [2.05, 4.69) is 10.2 Å². The van der Waals surface area contributed by atoms with Crippen LogP contribution in [0.1, 0.15) is 27.6 Å². The minimum absolute atomic E-state index is 0.0402. The number of amides is 1. The van der Waals surface area contributed by atoms with Crippen LogP contribution in [0.2, 0.25) is 0 Å². The Morgan fingerprint density at radius 1 is 1.11 bits per heavy atom. The molecule has 2 aromatic rings. The zero-order chi connectivity index (χ0) is 19.3. The second kappa shape index (κ2) is 8.54. The van der Waals surface area contributed by atoms with Gasteiger partial charge in [-0.3, -0.25) is 9.69 Å². The van der Waals surface area contributed by atoms with Crippen LogP contribution in [0.25, 0.3) is 0 Å². The average molecular weight is 378 g/mol. The fraction of sp³-hybridized carbons (Fsp3) is 0.350. The summed E-state index contributed by atoms with van der Waals surface area (Å²) in [5, 5.41) is 2.59. The molecule has 1 aliphatic rings. The summed E-state index contributed by atoms with van der Waals surface area (Å²) in [6.45, 7) is 2.79. The van der Waals surface area contributed by atoms with E-state index in [4.69, 9.17) is 4.74 Å². The average Bonchev–Trinajstić information content (AvgIpc) is 2.68. The summed E-state index contributed by atoms with van der Waals surface area (Å²) in [6, 6.07) is 14.7. The lowest BCUT2D eigenvalue weighted by molar-refractivity contribution is -0.137. The first-order valence-corrected chi connectivity index (χ1v) is 8.78. The van der Waals surface area contributed by atoms with Crippen LogP contribution in [0, 0.1) is 0 Å². The molecule has 0 aliphatic carbocycles. The number of morpholine rings is 1. The van der Waals surface area contributed by atoms with Crippen molar-refractivity contribution in [2.24, 2.45) is 0 Å². The predicted octanol–water partition coefficient (Wildman–Crippen LogP) is 3.51. The minimum atomic E-state index is -4.55. The first kappa shape index (κ1) is 19.4. The summed E-state index contributed by atoms with van der Waals surface area (Å²) in [5.74, 6) is -0.712.